The van der Waals surface area contributed by atoms with Gasteiger partial charge in [-0.2, -0.15) is 9.36 Å². The molecule has 2 aromatic heterocycles. The smallest absolute Gasteiger partial charge is 0.339 e. The zero-order valence-corrected chi connectivity index (χ0v) is 23.7. The molecule has 2 aliphatic rings. The van der Waals surface area contributed by atoms with Crippen molar-refractivity contribution in [1.29, 1.82) is 0 Å². The van der Waals surface area contributed by atoms with E-state index in [1.54, 1.807) is 56.8 Å². The van der Waals surface area contributed by atoms with Gasteiger partial charge >= 0.3 is 5.97 Å². The molecular weight excluding hydrogens is 562 g/mol. The molecule has 1 fully saturated rings. The van der Waals surface area contributed by atoms with Crippen molar-refractivity contribution in [2.24, 2.45) is 5.16 Å². The number of anilines is 1. The van der Waals surface area contributed by atoms with Gasteiger partial charge in [-0.1, -0.05) is 5.16 Å². The lowest BCUT2D eigenvalue weighted by atomic mass is 10.0. The highest BCUT2D eigenvalue weighted by atomic mass is 32.2. The Morgan fingerprint density at radius 3 is 2.58 bits per heavy atom. The van der Waals surface area contributed by atoms with Crippen LogP contribution in [0.1, 0.15) is 43.9 Å². The highest BCUT2D eigenvalue weighted by molar-refractivity contribution is 8.00. The summed E-state index contributed by atoms with van der Waals surface area (Å²) in [6.07, 6.45) is 3.24. The fourth-order valence-electron chi connectivity index (χ4n) is 3.90. The molecule has 14 nitrogen and oxygen atoms in total. The summed E-state index contributed by atoms with van der Waals surface area (Å²) in [7, 11) is 0. The number of esters is 1. The molecule has 2 atom stereocenters. The van der Waals surface area contributed by atoms with Gasteiger partial charge < -0.3 is 30.5 Å². The Labute approximate surface area is 237 Å². The number of hydrogen-bond donors (Lipinski definition) is 2. The number of nitrogens with two attached hydrogens (primary N) is 1. The molecule has 3 N–H and O–H groups in total. The number of rotatable bonds is 9. The van der Waals surface area contributed by atoms with Gasteiger partial charge in [0.2, 0.25) is 11.5 Å². The maximum Gasteiger partial charge on any atom is 0.339 e. The second-order valence-electron chi connectivity index (χ2n) is 9.68. The molecule has 0 aliphatic carbocycles. The Bertz CT molecular complexity index is 1400. The fraction of sp³-hybridized carbons (Fsp3) is 0.417. The van der Waals surface area contributed by atoms with Crippen molar-refractivity contribution in [3.05, 3.63) is 47.2 Å². The molecular formula is C24H27N7O7S2. The Morgan fingerprint density at radius 1 is 1.30 bits per heavy atom. The number of ether oxygens (including phenoxy) is 1. The number of oxime groups is 1. The van der Waals surface area contributed by atoms with Crippen LogP contribution in [0.2, 0.25) is 0 Å². The topological polar surface area (TPSA) is 193 Å². The highest BCUT2D eigenvalue weighted by Gasteiger charge is 2.53. The Morgan fingerprint density at radius 2 is 2.00 bits per heavy atom. The molecule has 2 amide bonds. The molecule has 0 saturated carbocycles. The standard InChI is InChI=1S/C24H27N7O7S2/c1-5-37-28-14(17-27-23(25)40-29-17)18(32)26-15-19(33)31-16(21(34)35)13(11-39-20(15)31)10-30-8-6-12(7-9-30)22(36)38-24(2,3)4/h6-9,15,20H,5,10-11H2,1-4H3,(H3-,25,26,27,29,32,34,35)/t15?,20-/m1/s1. The summed E-state index contributed by atoms with van der Waals surface area (Å²) in [6, 6.07) is 2.12. The van der Waals surface area contributed by atoms with Crippen LogP contribution in [0.25, 0.3) is 0 Å². The number of carboxylic acids is 1. The van der Waals surface area contributed by atoms with Gasteiger partial charge in [-0.25, -0.2) is 9.36 Å². The van der Waals surface area contributed by atoms with E-state index in [9.17, 15) is 24.3 Å². The normalized spacial score (nSPS) is 19.1. The zero-order chi connectivity index (χ0) is 29.2. The first kappa shape index (κ1) is 28.9. The third kappa shape index (κ3) is 6.22. The molecule has 40 heavy (non-hydrogen) atoms. The third-order valence-corrected chi connectivity index (χ3v) is 7.46. The van der Waals surface area contributed by atoms with Gasteiger partial charge in [-0.05, 0) is 27.7 Å². The summed E-state index contributed by atoms with van der Waals surface area (Å²) in [5.74, 6) is -3.17. The van der Waals surface area contributed by atoms with Gasteiger partial charge in [-0.15, -0.1) is 11.8 Å². The number of fused-ring (bicyclic) bond motifs is 1. The highest BCUT2D eigenvalue weighted by Crippen LogP contribution is 2.40. The molecule has 2 aromatic rings. The molecule has 16 heteroatoms. The number of nitrogen functional groups attached to an aromatic ring is 1. The maximum absolute atomic E-state index is 13.0. The van der Waals surface area contributed by atoms with Gasteiger partial charge in [0, 0.05) is 35.0 Å². The van der Waals surface area contributed by atoms with E-state index in [-0.39, 0.29) is 41.3 Å². The predicted octanol–water partition coefficient (Wildman–Crippen LogP) is -0.792. The number of carbonyl (C=O) groups excluding carboxylic acids is 4. The number of β-lactam (4-membered cyclic amide) rings is 1. The Hall–Kier alpha value is -4.05. The quantitative estimate of drug-likeness (QED) is 0.122. The Kier molecular flexibility index (Phi) is 8.39. The number of aromatic nitrogens is 3. The lowest BCUT2D eigenvalue weighted by Crippen LogP contribution is -2.71. The number of pyridine rings is 1. The molecule has 0 aromatic carbocycles. The summed E-state index contributed by atoms with van der Waals surface area (Å²) in [5, 5.41) is 17.9. The minimum absolute atomic E-state index is 0.0549. The molecule has 0 spiro atoms. The molecule has 4 heterocycles. The van der Waals surface area contributed by atoms with Crippen LogP contribution >= 0.6 is 23.3 Å². The van der Waals surface area contributed by atoms with E-state index >= 15 is 0 Å². The molecule has 4 rings (SSSR count). The predicted molar refractivity (Wildman–Crippen MR) is 141 cm³/mol. The van der Waals surface area contributed by atoms with E-state index in [0.717, 1.165) is 16.4 Å². The summed E-state index contributed by atoms with van der Waals surface area (Å²) < 4.78 is 11.0. The number of nitrogens with zero attached hydrogens (tertiary/aromatic N) is 5. The van der Waals surface area contributed by atoms with E-state index in [0.29, 0.717) is 11.1 Å². The minimum Gasteiger partial charge on any atom is -0.543 e. The lowest BCUT2D eigenvalue weighted by Gasteiger charge is -2.50. The second kappa shape index (κ2) is 11.6. The summed E-state index contributed by atoms with van der Waals surface area (Å²) in [4.78, 5) is 60.5. The van der Waals surface area contributed by atoms with Crippen molar-refractivity contribution in [1.82, 2.24) is 19.6 Å². The van der Waals surface area contributed by atoms with Crippen LogP contribution in [0.3, 0.4) is 0 Å². The van der Waals surface area contributed by atoms with Gasteiger partial charge in [-0.3, -0.25) is 14.5 Å². The van der Waals surface area contributed by atoms with E-state index in [2.05, 4.69) is 19.8 Å². The molecule has 1 unspecified atom stereocenters. The van der Waals surface area contributed by atoms with E-state index < -0.39 is 40.8 Å². The number of nitrogens with one attached hydrogen (secondary N) is 1. The van der Waals surface area contributed by atoms with Crippen molar-refractivity contribution in [2.45, 2.75) is 51.3 Å². The molecule has 0 radical (unpaired) electrons. The van der Waals surface area contributed by atoms with E-state index in [1.165, 1.54) is 11.8 Å². The third-order valence-electron chi connectivity index (χ3n) is 5.58. The molecule has 1 saturated heterocycles. The molecule has 2 aliphatic heterocycles. The van der Waals surface area contributed by atoms with Crippen molar-refractivity contribution >= 4 is 57.9 Å². The number of aliphatic carboxylic acids is 1. The second-order valence-corrected chi connectivity index (χ2v) is 11.6. The monoisotopic (exact) mass is 589 g/mol. The van der Waals surface area contributed by atoms with Crippen LogP contribution in [0.15, 0.2) is 41.0 Å². The van der Waals surface area contributed by atoms with Crippen LogP contribution in [-0.4, -0.2) is 73.1 Å². The number of amides is 2. The van der Waals surface area contributed by atoms with Crippen LogP contribution in [0.4, 0.5) is 5.13 Å². The Balaban J connectivity index is 1.49. The van der Waals surface area contributed by atoms with Crippen molar-refractivity contribution in [2.75, 3.05) is 18.1 Å². The molecule has 0 bridgehead atoms. The number of carboxylic acid groups (broad SMARTS) is 1. The summed E-state index contributed by atoms with van der Waals surface area (Å²) >= 11 is 2.16. The number of hydrogen-bond acceptors (Lipinski definition) is 13. The first-order valence-electron chi connectivity index (χ1n) is 12.1. The molecule has 212 valence electrons. The van der Waals surface area contributed by atoms with Crippen molar-refractivity contribution < 1.29 is 38.4 Å². The fourth-order valence-corrected chi connectivity index (χ4v) is 5.67. The first-order valence-corrected chi connectivity index (χ1v) is 13.9. The summed E-state index contributed by atoms with van der Waals surface area (Å²) in [5.41, 5.74) is 5.25. The maximum atomic E-state index is 13.0. The average molecular weight is 590 g/mol. The first-order chi connectivity index (χ1) is 18.9. The van der Waals surface area contributed by atoms with Gasteiger partial charge in [0.15, 0.2) is 24.1 Å². The lowest BCUT2D eigenvalue weighted by molar-refractivity contribution is -0.689. The number of carbonyl (C=O) groups is 4. The van der Waals surface area contributed by atoms with E-state index in [1.807, 2.05) is 0 Å². The average Bonchev–Trinajstić information content (AvgIpc) is 3.32. The number of thioether (sulfide) groups is 1. The van der Waals surface area contributed by atoms with Crippen LogP contribution in [0.5, 0.6) is 0 Å². The van der Waals surface area contributed by atoms with Gasteiger partial charge in [0.05, 0.1) is 17.2 Å². The van der Waals surface area contributed by atoms with Crippen molar-refractivity contribution in [3.8, 4) is 0 Å². The van der Waals surface area contributed by atoms with Crippen LogP contribution in [-0.2, 0) is 30.5 Å². The minimum atomic E-state index is -1.51. The van der Waals surface area contributed by atoms with E-state index in [4.69, 9.17) is 15.3 Å². The van der Waals surface area contributed by atoms with Gasteiger partial charge in [0.1, 0.15) is 23.6 Å². The van der Waals surface area contributed by atoms with Gasteiger partial charge in [0.25, 0.3) is 11.8 Å². The van der Waals surface area contributed by atoms with Crippen LogP contribution in [0, 0.1) is 0 Å². The summed E-state index contributed by atoms with van der Waals surface area (Å²) in [6.45, 7) is 7.29. The zero-order valence-electron chi connectivity index (χ0n) is 22.1. The largest absolute Gasteiger partial charge is 0.543 e. The SMILES string of the molecule is CCON=C(C(=O)NC1C(=O)N2C(C(=O)[O-])=C(C[n+]3ccc(C(=O)OC(C)(C)C)cc3)CS[C@H]12)c1nsc(N)n1. The van der Waals surface area contributed by atoms with Crippen molar-refractivity contribution in [3.63, 3.8) is 0 Å². The van der Waals surface area contributed by atoms with Crippen LogP contribution < -0.4 is 20.7 Å².